The van der Waals surface area contributed by atoms with Crippen molar-refractivity contribution >= 4 is 15.7 Å². The highest BCUT2D eigenvalue weighted by molar-refractivity contribution is 7.89. The molecule has 3 aromatic carbocycles. The molecular weight excluding hydrogens is 368 g/mol. The second-order valence-electron chi connectivity index (χ2n) is 7.09. The van der Waals surface area contributed by atoms with Crippen LogP contribution < -0.4 is 10.0 Å². The van der Waals surface area contributed by atoms with Crippen LogP contribution >= 0.6 is 0 Å². The third-order valence-corrected chi connectivity index (χ3v) is 6.16. The molecule has 28 heavy (non-hydrogen) atoms. The van der Waals surface area contributed by atoms with Crippen LogP contribution in [0.15, 0.2) is 77.7 Å². The van der Waals surface area contributed by atoms with Crippen molar-refractivity contribution in [2.24, 2.45) is 0 Å². The van der Waals surface area contributed by atoms with Gasteiger partial charge in [-0.1, -0.05) is 65.7 Å². The Hall–Kier alpha value is -2.63. The molecule has 3 rings (SSSR count). The van der Waals surface area contributed by atoms with Gasteiger partial charge in [-0.2, -0.15) is 0 Å². The van der Waals surface area contributed by atoms with Crippen LogP contribution in [0.2, 0.25) is 0 Å². The molecule has 2 N–H and O–H groups in total. The smallest absolute Gasteiger partial charge is 0.240 e. The molecule has 0 aliphatic rings. The fourth-order valence-electron chi connectivity index (χ4n) is 3.09. The van der Waals surface area contributed by atoms with E-state index in [0.717, 1.165) is 22.4 Å². The average molecular weight is 395 g/mol. The van der Waals surface area contributed by atoms with Gasteiger partial charge in [-0.15, -0.1) is 0 Å². The van der Waals surface area contributed by atoms with Crippen molar-refractivity contribution < 1.29 is 8.42 Å². The number of rotatable bonds is 7. The molecule has 0 saturated heterocycles. The maximum atomic E-state index is 12.7. The van der Waals surface area contributed by atoms with E-state index in [9.17, 15) is 8.42 Å². The molecule has 0 aromatic heterocycles. The molecule has 0 aliphatic carbocycles. The van der Waals surface area contributed by atoms with Gasteiger partial charge in [-0.25, -0.2) is 13.1 Å². The van der Waals surface area contributed by atoms with Gasteiger partial charge < -0.3 is 5.32 Å². The minimum absolute atomic E-state index is 0.192. The summed E-state index contributed by atoms with van der Waals surface area (Å²) >= 11 is 0. The third-order valence-electron chi connectivity index (χ3n) is 4.72. The maximum absolute atomic E-state index is 12.7. The molecule has 0 spiro atoms. The largest absolute Gasteiger partial charge is 0.377 e. The van der Waals surface area contributed by atoms with E-state index in [0.29, 0.717) is 0 Å². The lowest BCUT2D eigenvalue weighted by Crippen LogP contribution is -2.31. The molecule has 4 nitrogen and oxygen atoms in total. The number of sulfonamides is 1. The first-order valence-electron chi connectivity index (χ1n) is 9.30. The quantitative estimate of drug-likeness (QED) is 0.608. The van der Waals surface area contributed by atoms with Crippen LogP contribution in [0.4, 0.5) is 5.69 Å². The molecule has 0 saturated carbocycles. The van der Waals surface area contributed by atoms with E-state index in [4.69, 9.17) is 0 Å². The van der Waals surface area contributed by atoms with E-state index in [1.54, 1.807) is 24.3 Å². The number of benzene rings is 3. The number of nitrogens with one attached hydrogen (secondary N) is 2. The first kappa shape index (κ1) is 20.1. The molecule has 3 aromatic rings. The SMILES string of the molecule is Cc1ccc(S(=O)(=O)NC[C@H](Nc2ccc(C)cc2C)c2ccccc2)cc1. The molecule has 0 amide bonds. The van der Waals surface area contributed by atoms with E-state index in [1.165, 1.54) is 5.56 Å². The van der Waals surface area contributed by atoms with Gasteiger partial charge >= 0.3 is 0 Å². The molecule has 0 aliphatic heterocycles. The Balaban J connectivity index is 1.82. The second kappa shape index (κ2) is 8.59. The predicted molar refractivity (Wildman–Crippen MR) is 115 cm³/mol. The van der Waals surface area contributed by atoms with Gasteiger partial charge in [0.15, 0.2) is 0 Å². The highest BCUT2D eigenvalue weighted by atomic mass is 32.2. The van der Waals surface area contributed by atoms with Gasteiger partial charge in [0, 0.05) is 12.2 Å². The summed E-state index contributed by atoms with van der Waals surface area (Å²) in [5.74, 6) is 0. The lowest BCUT2D eigenvalue weighted by atomic mass is 10.1. The number of hydrogen-bond acceptors (Lipinski definition) is 3. The van der Waals surface area contributed by atoms with Gasteiger partial charge in [0.1, 0.15) is 0 Å². The Morgan fingerprint density at radius 1 is 0.821 bits per heavy atom. The summed E-state index contributed by atoms with van der Waals surface area (Å²) in [6.07, 6.45) is 0. The first-order chi connectivity index (χ1) is 13.3. The van der Waals surface area contributed by atoms with Gasteiger partial charge in [0.05, 0.1) is 10.9 Å². The van der Waals surface area contributed by atoms with Crippen molar-refractivity contribution in [1.82, 2.24) is 4.72 Å². The Morgan fingerprint density at radius 3 is 2.11 bits per heavy atom. The minimum Gasteiger partial charge on any atom is -0.377 e. The van der Waals surface area contributed by atoms with Crippen LogP contribution in [0.1, 0.15) is 28.3 Å². The van der Waals surface area contributed by atoms with Gasteiger partial charge in [-0.05, 0) is 50.1 Å². The lowest BCUT2D eigenvalue weighted by Gasteiger charge is -2.22. The summed E-state index contributed by atoms with van der Waals surface area (Å²) in [7, 11) is -3.58. The number of anilines is 1. The molecule has 1 atom stereocenters. The number of hydrogen-bond donors (Lipinski definition) is 2. The van der Waals surface area contributed by atoms with E-state index in [1.807, 2.05) is 56.3 Å². The monoisotopic (exact) mass is 394 g/mol. The summed E-state index contributed by atoms with van der Waals surface area (Å²) in [5, 5.41) is 3.50. The predicted octanol–water partition coefficient (Wildman–Crippen LogP) is 4.74. The standard InChI is InChI=1S/C23H26N2O2S/c1-17-9-12-21(13-10-17)28(26,27)24-16-23(20-7-5-4-6-8-20)25-22-14-11-18(2)15-19(22)3/h4-15,23-25H,16H2,1-3H3/t23-/m0/s1. The zero-order chi connectivity index (χ0) is 20.1. The Morgan fingerprint density at radius 2 is 1.46 bits per heavy atom. The lowest BCUT2D eigenvalue weighted by molar-refractivity contribution is 0.576. The van der Waals surface area contributed by atoms with Crippen molar-refractivity contribution in [2.75, 3.05) is 11.9 Å². The average Bonchev–Trinajstić information content (AvgIpc) is 2.68. The fraction of sp³-hybridized carbons (Fsp3) is 0.217. The van der Waals surface area contributed by atoms with Crippen LogP contribution in [0.3, 0.4) is 0 Å². The summed E-state index contributed by atoms with van der Waals surface area (Å²) in [6, 6.07) is 22.7. The third kappa shape index (κ3) is 5.00. The molecule has 146 valence electrons. The molecular formula is C23H26N2O2S. The van der Waals surface area contributed by atoms with Crippen LogP contribution in [0, 0.1) is 20.8 Å². The fourth-order valence-corrected chi connectivity index (χ4v) is 4.14. The molecule has 0 fully saturated rings. The van der Waals surface area contributed by atoms with E-state index in [-0.39, 0.29) is 17.5 Å². The molecule has 5 heteroatoms. The van der Waals surface area contributed by atoms with Gasteiger partial charge in [0.25, 0.3) is 0 Å². The highest BCUT2D eigenvalue weighted by Crippen LogP contribution is 2.23. The van der Waals surface area contributed by atoms with Gasteiger partial charge in [0.2, 0.25) is 10.0 Å². The number of aryl methyl sites for hydroxylation is 3. The molecule has 0 radical (unpaired) electrons. The van der Waals surface area contributed by atoms with E-state index in [2.05, 4.69) is 23.0 Å². The molecule has 0 heterocycles. The van der Waals surface area contributed by atoms with E-state index < -0.39 is 10.0 Å². The highest BCUT2D eigenvalue weighted by Gasteiger charge is 2.18. The minimum atomic E-state index is -3.58. The van der Waals surface area contributed by atoms with Crippen LogP contribution in [-0.4, -0.2) is 15.0 Å². The zero-order valence-electron chi connectivity index (χ0n) is 16.4. The van der Waals surface area contributed by atoms with Crippen molar-refractivity contribution in [3.8, 4) is 0 Å². The van der Waals surface area contributed by atoms with Crippen LogP contribution in [0.5, 0.6) is 0 Å². The first-order valence-corrected chi connectivity index (χ1v) is 10.8. The van der Waals surface area contributed by atoms with Crippen molar-refractivity contribution in [3.63, 3.8) is 0 Å². The van der Waals surface area contributed by atoms with E-state index >= 15 is 0 Å². The summed E-state index contributed by atoms with van der Waals surface area (Å²) < 4.78 is 28.2. The Labute approximate surface area is 167 Å². The summed E-state index contributed by atoms with van der Waals surface area (Å²) in [6.45, 7) is 6.28. The molecule has 0 unspecified atom stereocenters. The summed E-state index contributed by atoms with van der Waals surface area (Å²) in [4.78, 5) is 0.274. The zero-order valence-corrected chi connectivity index (χ0v) is 17.3. The van der Waals surface area contributed by atoms with Crippen LogP contribution in [0.25, 0.3) is 0 Å². The maximum Gasteiger partial charge on any atom is 0.240 e. The normalized spacial score (nSPS) is 12.5. The Bertz CT molecular complexity index is 1030. The second-order valence-corrected chi connectivity index (χ2v) is 8.86. The van der Waals surface area contributed by atoms with Crippen LogP contribution in [-0.2, 0) is 10.0 Å². The van der Waals surface area contributed by atoms with Crippen molar-refractivity contribution in [1.29, 1.82) is 0 Å². The summed E-state index contributed by atoms with van der Waals surface area (Å²) in [5.41, 5.74) is 5.36. The van der Waals surface area contributed by atoms with Gasteiger partial charge in [-0.3, -0.25) is 0 Å². The van der Waals surface area contributed by atoms with Crippen molar-refractivity contribution in [2.45, 2.75) is 31.7 Å². The molecule has 0 bridgehead atoms. The van der Waals surface area contributed by atoms with Crippen molar-refractivity contribution in [3.05, 3.63) is 95.1 Å². The Kier molecular flexibility index (Phi) is 6.17. The topological polar surface area (TPSA) is 58.2 Å².